The minimum Gasteiger partial charge on any atom is -0.460 e. The average Bonchev–Trinajstić information content (AvgIpc) is 3.78. The maximum Gasteiger partial charge on any atom is 0.164 e. The number of allylic oxidation sites excluding steroid dienone is 5. The van der Waals surface area contributed by atoms with Gasteiger partial charge < -0.3 is 4.42 Å². The predicted octanol–water partition coefficient (Wildman–Crippen LogP) is 12.6. The molecule has 10 rings (SSSR count). The molecule has 5 aromatic carbocycles. The van der Waals surface area contributed by atoms with Crippen LogP contribution in [0.25, 0.3) is 70.6 Å². The Morgan fingerprint density at radius 1 is 0.635 bits per heavy atom. The molecule has 52 heavy (non-hydrogen) atoms. The Kier molecular flexibility index (Phi) is 7.59. The fourth-order valence-electron chi connectivity index (χ4n) is 7.27. The first-order valence-corrected chi connectivity index (χ1v) is 19.1. The average molecular weight is 706 g/mol. The number of aryl methyl sites for hydroxylation is 1. The normalized spacial score (nSPS) is 15.5. The number of hydrogen-bond acceptors (Lipinski definition) is 6. The monoisotopic (exact) mass is 705 g/mol. The molecule has 0 radical (unpaired) electrons. The highest BCUT2D eigenvalue weighted by Crippen LogP contribution is 2.42. The summed E-state index contributed by atoms with van der Waals surface area (Å²) >= 11 is 3.52. The van der Waals surface area contributed by atoms with Crippen molar-refractivity contribution in [3.63, 3.8) is 0 Å². The highest BCUT2D eigenvalue weighted by Gasteiger charge is 2.26. The molecule has 8 aromatic rings. The first-order valence-electron chi connectivity index (χ1n) is 17.5. The Morgan fingerprint density at radius 3 is 2.29 bits per heavy atom. The van der Waals surface area contributed by atoms with Crippen LogP contribution in [0.15, 0.2) is 160 Å². The molecule has 0 N–H and O–H groups in total. The number of fused-ring (bicyclic) bond motifs is 7. The smallest absolute Gasteiger partial charge is 0.164 e. The summed E-state index contributed by atoms with van der Waals surface area (Å²) in [6, 6.07) is 38.7. The van der Waals surface area contributed by atoms with Gasteiger partial charge in [-0.25, -0.2) is 15.0 Å². The summed E-state index contributed by atoms with van der Waals surface area (Å²) < 4.78 is 9.16. The molecule has 0 fully saturated rings. The van der Waals surface area contributed by atoms with E-state index >= 15 is 0 Å². The molecule has 4 heterocycles. The van der Waals surface area contributed by atoms with Gasteiger partial charge in [0.2, 0.25) is 0 Å². The lowest BCUT2D eigenvalue weighted by molar-refractivity contribution is 0.545. The van der Waals surface area contributed by atoms with Crippen molar-refractivity contribution in [1.29, 1.82) is 0 Å². The van der Waals surface area contributed by atoms with Gasteiger partial charge in [-0.15, -0.1) is 11.3 Å². The van der Waals surface area contributed by atoms with Gasteiger partial charge >= 0.3 is 0 Å². The Morgan fingerprint density at radius 2 is 1.38 bits per heavy atom. The van der Waals surface area contributed by atoms with Crippen LogP contribution in [0.3, 0.4) is 0 Å². The molecule has 248 valence electrons. The molecule has 4 nitrogen and oxygen atoms in total. The molecular weight excluding hydrogens is 675 g/mol. The minimum atomic E-state index is 0.640. The zero-order chi connectivity index (χ0) is 34.6. The lowest BCUT2D eigenvalue weighted by Crippen LogP contribution is -2.06. The lowest BCUT2D eigenvalue weighted by atomic mass is 9.92. The van der Waals surface area contributed by atoms with Gasteiger partial charge in [-0.05, 0) is 72.0 Å². The number of aromatic nitrogens is 3. The first kappa shape index (κ1) is 31.0. The van der Waals surface area contributed by atoms with Crippen molar-refractivity contribution in [2.75, 3.05) is 0 Å². The van der Waals surface area contributed by atoms with E-state index in [-0.39, 0.29) is 0 Å². The molecule has 6 heteroatoms. The van der Waals surface area contributed by atoms with E-state index in [4.69, 9.17) is 19.4 Å². The number of furan rings is 1. The standard InChI is InChI=1S/C46H31N3OS2/c1-28-11-4-2-5-12-29-19-20-33(27-42(29)51-28)45-47-44(30-13-6-3-7-14-30)48-46(49-45)35-16-10-17-39-43(35)37-26-31(21-23-38(37)50-39)32-22-24-41-36(25-32)34-15-8-9-18-40(34)52-41/h2-9,11,13-16,18-27H,1,10,12,17H2/b5-2-,11-4-. The third-order valence-corrected chi connectivity index (χ3v) is 12.0. The van der Waals surface area contributed by atoms with Crippen LogP contribution in [0.4, 0.5) is 0 Å². The molecule has 0 amide bonds. The van der Waals surface area contributed by atoms with Crippen LogP contribution >= 0.6 is 23.1 Å². The Hall–Kier alpha value is -5.82. The molecule has 0 saturated carbocycles. The summed E-state index contributed by atoms with van der Waals surface area (Å²) in [5.41, 5.74) is 8.40. The van der Waals surface area contributed by atoms with Gasteiger partial charge in [-0.2, -0.15) is 0 Å². The van der Waals surface area contributed by atoms with Crippen molar-refractivity contribution >= 4 is 59.8 Å². The van der Waals surface area contributed by atoms with E-state index in [0.29, 0.717) is 17.5 Å². The van der Waals surface area contributed by atoms with Gasteiger partial charge in [0.1, 0.15) is 11.3 Å². The van der Waals surface area contributed by atoms with E-state index in [0.717, 1.165) is 73.6 Å². The quantitative estimate of drug-likeness (QED) is 0.182. The second-order valence-corrected chi connectivity index (χ2v) is 15.4. The second kappa shape index (κ2) is 12.7. The van der Waals surface area contributed by atoms with Gasteiger partial charge in [-0.1, -0.05) is 115 Å². The van der Waals surface area contributed by atoms with Crippen LogP contribution < -0.4 is 0 Å². The highest BCUT2D eigenvalue weighted by molar-refractivity contribution is 8.03. The van der Waals surface area contributed by atoms with E-state index in [1.54, 1.807) is 11.8 Å². The second-order valence-electron chi connectivity index (χ2n) is 13.1. The van der Waals surface area contributed by atoms with Crippen molar-refractivity contribution < 1.29 is 4.42 Å². The van der Waals surface area contributed by atoms with E-state index < -0.39 is 0 Å². The van der Waals surface area contributed by atoms with E-state index in [2.05, 4.69) is 116 Å². The summed E-state index contributed by atoms with van der Waals surface area (Å²) in [5, 5.41) is 3.66. The Labute approximate surface area is 309 Å². The SMILES string of the molecule is C=C1/C=C\C=C/Cc2ccc(-c3nc(C4=CCCc5oc6ccc(-c7ccc8sc9ccccc9c8c7)cc6c54)nc(-c4ccccc4)n3)cc2S1. The van der Waals surface area contributed by atoms with Crippen molar-refractivity contribution in [2.24, 2.45) is 0 Å². The maximum atomic E-state index is 6.55. The van der Waals surface area contributed by atoms with Crippen molar-refractivity contribution in [1.82, 2.24) is 15.0 Å². The molecule has 0 atom stereocenters. The molecule has 0 saturated heterocycles. The largest absolute Gasteiger partial charge is 0.460 e. The number of thiophene rings is 1. The maximum absolute atomic E-state index is 6.55. The summed E-state index contributed by atoms with van der Waals surface area (Å²) in [7, 11) is 0. The van der Waals surface area contributed by atoms with E-state index in [9.17, 15) is 0 Å². The molecule has 0 unspecified atom stereocenters. The molecule has 0 spiro atoms. The van der Waals surface area contributed by atoms with Gasteiger partial charge in [0.25, 0.3) is 0 Å². The van der Waals surface area contributed by atoms with Gasteiger partial charge in [0.15, 0.2) is 17.5 Å². The molecule has 2 aliphatic rings. The van der Waals surface area contributed by atoms with Gasteiger partial charge in [-0.3, -0.25) is 0 Å². The third-order valence-electron chi connectivity index (χ3n) is 9.80. The molecule has 3 aromatic heterocycles. The van der Waals surface area contributed by atoms with Crippen LogP contribution in [-0.4, -0.2) is 15.0 Å². The molecule has 1 aliphatic heterocycles. The predicted molar refractivity (Wildman–Crippen MR) is 218 cm³/mol. The third kappa shape index (κ3) is 5.52. The van der Waals surface area contributed by atoms with Gasteiger partial charge in [0, 0.05) is 64.0 Å². The lowest BCUT2D eigenvalue weighted by Gasteiger charge is -2.15. The van der Waals surface area contributed by atoms with Gasteiger partial charge in [0.05, 0.1) is 0 Å². The minimum absolute atomic E-state index is 0.640. The summed E-state index contributed by atoms with van der Waals surface area (Å²) in [6.45, 7) is 4.26. The van der Waals surface area contributed by atoms with Crippen LogP contribution in [0, 0.1) is 0 Å². The number of hydrogen-bond donors (Lipinski definition) is 0. The van der Waals surface area contributed by atoms with Crippen LogP contribution in [0.1, 0.15) is 29.1 Å². The highest BCUT2D eigenvalue weighted by atomic mass is 32.2. The molecule has 0 bridgehead atoms. The fraction of sp³-hybridized carbons (Fsp3) is 0.0652. The summed E-state index contributed by atoms with van der Waals surface area (Å²) in [4.78, 5) is 17.6. The summed E-state index contributed by atoms with van der Waals surface area (Å²) in [5.74, 6) is 2.90. The van der Waals surface area contributed by atoms with Crippen LogP contribution in [0.5, 0.6) is 0 Å². The van der Waals surface area contributed by atoms with E-state index in [1.807, 2.05) is 41.7 Å². The number of benzene rings is 5. The van der Waals surface area contributed by atoms with E-state index in [1.165, 1.54) is 31.3 Å². The number of rotatable bonds is 4. The first-order chi connectivity index (χ1) is 25.6. The molecule has 1 aliphatic carbocycles. The zero-order valence-electron chi connectivity index (χ0n) is 28.2. The molecular formula is C46H31N3OS2. The van der Waals surface area contributed by atoms with Crippen LogP contribution in [0.2, 0.25) is 0 Å². The topological polar surface area (TPSA) is 51.8 Å². The van der Waals surface area contributed by atoms with Crippen molar-refractivity contribution in [2.45, 2.75) is 24.2 Å². The van der Waals surface area contributed by atoms with Crippen LogP contribution in [-0.2, 0) is 12.8 Å². The zero-order valence-corrected chi connectivity index (χ0v) is 29.8. The van der Waals surface area contributed by atoms with Crippen molar-refractivity contribution in [3.05, 3.63) is 174 Å². The number of nitrogens with zero attached hydrogens (tertiary/aromatic N) is 3. The Balaban J connectivity index is 1.11. The summed E-state index contributed by atoms with van der Waals surface area (Å²) in [6.07, 6.45) is 13.1. The fourth-order valence-corrected chi connectivity index (χ4v) is 9.25. The Bertz CT molecular complexity index is 2820. The van der Waals surface area contributed by atoms with Crippen molar-refractivity contribution in [3.8, 4) is 33.9 Å². The number of thioether (sulfide) groups is 1.